The molecule has 0 fully saturated rings. The molecule has 0 radical (unpaired) electrons. The van der Waals surface area contributed by atoms with Crippen LogP contribution in [0.3, 0.4) is 0 Å². The molecule has 0 saturated heterocycles. The summed E-state index contributed by atoms with van der Waals surface area (Å²) in [5.41, 5.74) is 0.464. The molecule has 0 amide bonds. The van der Waals surface area contributed by atoms with Crippen molar-refractivity contribution in [2.75, 3.05) is 11.3 Å². The molecule has 0 aliphatic heterocycles. The number of benzene rings is 1. The number of nitrogens with one attached hydrogen (secondary N) is 2. The average Bonchev–Trinajstić information content (AvgIpc) is 2.79. The molecular formula is C11H13ClN4O3S. The second-order valence-corrected chi connectivity index (χ2v) is 5.93. The normalized spacial score (nSPS) is 11.3. The minimum atomic E-state index is -3.79. The zero-order chi connectivity index (χ0) is 14.8. The molecule has 20 heavy (non-hydrogen) atoms. The van der Waals surface area contributed by atoms with E-state index < -0.39 is 10.0 Å². The van der Waals surface area contributed by atoms with Crippen LogP contribution in [0.4, 0.5) is 5.95 Å². The largest absolute Gasteiger partial charge is 0.463 e. The van der Waals surface area contributed by atoms with Crippen LogP contribution in [0, 0.1) is 6.92 Å². The second kappa shape index (κ2) is 5.68. The van der Waals surface area contributed by atoms with E-state index in [-0.39, 0.29) is 16.9 Å². The highest BCUT2D eigenvalue weighted by Gasteiger charge is 2.20. The first kappa shape index (κ1) is 14.6. The van der Waals surface area contributed by atoms with Crippen LogP contribution < -0.4 is 9.46 Å². The summed E-state index contributed by atoms with van der Waals surface area (Å²) < 4.78 is 31.8. The van der Waals surface area contributed by atoms with Gasteiger partial charge < -0.3 is 4.74 Å². The molecule has 0 unspecified atom stereocenters. The van der Waals surface area contributed by atoms with E-state index in [1.807, 2.05) is 0 Å². The van der Waals surface area contributed by atoms with E-state index in [1.165, 1.54) is 6.07 Å². The summed E-state index contributed by atoms with van der Waals surface area (Å²) in [4.78, 5) is 3.93. The van der Waals surface area contributed by atoms with Gasteiger partial charge in [0.2, 0.25) is 5.95 Å². The molecule has 0 aliphatic carbocycles. The Morgan fingerprint density at radius 2 is 2.20 bits per heavy atom. The average molecular weight is 317 g/mol. The Balaban J connectivity index is 2.28. The van der Waals surface area contributed by atoms with E-state index in [1.54, 1.807) is 26.0 Å². The van der Waals surface area contributed by atoms with Crippen molar-refractivity contribution >= 4 is 27.6 Å². The van der Waals surface area contributed by atoms with Crippen molar-refractivity contribution in [3.05, 3.63) is 28.8 Å². The monoisotopic (exact) mass is 316 g/mol. The molecule has 0 atom stereocenters. The zero-order valence-electron chi connectivity index (χ0n) is 10.8. The zero-order valence-corrected chi connectivity index (χ0v) is 12.4. The Morgan fingerprint density at radius 1 is 1.45 bits per heavy atom. The fraction of sp³-hybridized carbons (Fsp3) is 0.273. The minimum absolute atomic E-state index is 0.0205. The number of aromatic nitrogens is 3. The smallest absolute Gasteiger partial charge is 0.337 e. The Labute approximate surface area is 121 Å². The molecule has 108 valence electrons. The maximum atomic E-state index is 12.2. The van der Waals surface area contributed by atoms with Crippen LogP contribution in [0.5, 0.6) is 6.01 Å². The van der Waals surface area contributed by atoms with Crippen molar-refractivity contribution in [2.24, 2.45) is 0 Å². The Kier molecular flexibility index (Phi) is 4.15. The number of hydrogen-bond donors (Lipinski definition) is 2. The highest BCUT2D eigenvalue weighted by molar-refractivity contribution is 7.92. The highest BCUT2D eigenvalue weighted by Crippen LogP contribution is 2.24. The van der Waals surface area contributed by atoms with E-state index in [0.29, 0.717) is 17.2 Å². The first-order valence-electron chi connectivity index (χ1n) is 5.77. The highest BCUT2D eigenvalue weighted by atomic mass is 35.5. The number of anilines is 1. The third-order valence-corrected chi connectivity index (χ3v) is 4.37. The molecule has 2 rings (SSSR count). The van der Waals surface area contributed by atoms with E-state index in [4.69, 9.17) is 16.3 Å². The van der Waals surface area contributed by atoms with Crippen LogP contribution in [0.2, 0.25) is 5.02 Å². The van der Waals surface area contributed by atoms with Crippen molar-refractivity contribution in [3.8, 4) is 6.01 Å². The summed E-state index contributed by atoms with van der Waals surface area (Å²) in [6.45, 7) is 3.79. The van der Waals surface area contributed by atoms with Crippen molar-refractivity contribution in [3.63, 3.8) is 0 Å². The van der Waals surface area contributed by atoms with Crippen LogP contribution in [0.15, 0.2) is 23.1 Å². The first-order valence-corrected chi connectivity index (χ1v) is 7.63. The van der Waals surface area contributed by atoms with Gasteiger partial charge in [-0.25, -0.2) is 18.2 Å². The quantitative estimate of drug-likeness (QED) is 0.879. The lowest BCUT2D eigenvalue weighted by Gasteiger charge is -2.08. The summed E-state index contributed by atoms with van der Waals surface area (Å²) in [6.07, 6.45) is 0. The number of halogens is 1. The van der Waals surface area contributed by atoms with Crippen LogP contribution in [-0.4, -0.2) is 30.2 Å². The number of hydrogen-bond acceptors (Lipinski definition) is 5. The Hall–Kier alpha value is -1.80. The molecular weight excluding hydrogens is 304 g/mol. The standard InChI is InChI=1S/C11H13ClN4O3S/c1-3-19-11-13-10(14-15-11)16-20(17,18)9-6-4-5-8(12)7(9)2/h4-6H,3H2,1-2H3,(H2,13,14,15,16). The van der Waals surface area contributed by atoms with Gasteiger partial charge in [0.1, 0.15) is 0 Å². The van der Waals surface area contributed by atoms with Crippen molar-refractivity contribution in [1.82, 2.24) is 15.2 Å². The fourth-order valence-corrected chi connectivity index (χ4v) is 3.00. The lowest BCUT2D eigenvalue weighted by molar-refractivity contribution is 0.314. The van der Waals surface area contributed by atoms with E-state index >= 15 is 0 Å². The molecule has 0 aliphatic rings. The summed E-state index contributed by atoms with van der Waals surface area (Å²) in [6, 6.07) is 4.73. The molecule has 0 bridgehead atoms. The topological polar surface area (TPSA) is 97.0 Å². The van der Waals surface area contributed by atoms with Gasteiger partial charge in [0.15, 0.2) is 0 Å². The molecule has 0 spiro atoms. The van der Waals surface area contributed by atoms with Gasteiger partial charge in [-0.05, 0) is 31.5 Å². The predicted molar refractivity (Wildman–Crippen MR) is 74.5 cm³/mol. The third kappa shape index (κ3) is 3.02. The van der Waals surface area contributed by atoms with Gasteiger partial charge in [-0.3, -0.25) is 0 Å². The van der Waals surface area contributed by atoms with E-state index in [9.17, 15) is 8.42 Å². The minimum Gasteiger partial charge on any atom is -0.463 e. The molecule has 9 heteroatoms. The first-order chi connectivity index (χ1) is 9.44. The SMILES string of the molecule is CCOc1n[nH]c(NS(=O)(=O)c2cccc(Cl)c2C)n1. The summed E-state index contributed by atoms with van der Waals surface area (Å²) in [5.74, 6) is -0.0205. The third-order valence-electron chi connectivity index (χ3n) is 2.48. The number of nitrogens with zero attached hydrogens (tertiary/aromatic N) is 2. The van der Waals surface area contributed by atoms with Crippen LogP contribution in [-0.2, 0) is 10.0 Å². The van der Waals surface area contributed by atoms with Gasteiger partial charge in [0.05, 0.1) is 11.5 Å². The van der Waals surface area contributed by atoms with Crippen LogP contribution >= 0.6 is 11.6 Å². The molecule has 1 aromatic carbocycles. The molecule has 7 nitrogen and oxygen atoms in total. The van der Waals surface area contributed by atoms with Gasteiger partial charge in [-0.15, -0.1) is 5.10 Å². The molecule has 2 aromatic rings. The number of sulfonamides is 1. The lowest BCUT2D eigenvalue weighted by atomic mass is 10.2. The van der Waals surface area contributed by atoms with E-state index in [0.717, 1.165) is 0 Å². The van der Waals surface area contributed by atoms with Crippen molar-refractivity contribution in [2.45, 2.75) is 18.7 Å². The maximum absolute atomic E-state index is 12.2. The maximum Gasteiger partial charge on any atom is 0.337 e. The molecule has 1 heterocycles. The summed E-state index contributed by atoms with van der Waals surface area (Å²) in [5, 5.41) is 6.53. The number of H-pyrrole nitrogens is 1. The van der Waals surface area contributed by atoms with Crippen molar-refractivity contribution < 1.29 is 13.2 Å². The Morgan fingerprint density at radius 3 is 2.90 bits per heavy atom. The molecule has 0 saturated carbocycles. The number of aromatic amines is 1. The number of ether oxygens (including phenoxy) is 1. The van der Waals surface area contributed by atoms with Gasteiger partial charge in [-0.1, -0.05) is 17.7 Å². The van der Waals surface area contributed by atoms with Gasteiger partial charge in [-0.2, -0.15) is 4.98 Å². The Bertz CT molecular complexity index is 714. The van der Waals surface area contributed by atoms with Gasteiger partial charge >= 0.3 is 6.01 Å². The number of rotatable bonds is 5. The summed E-state index contributed by atoms with van der Waals surface area (Å²) >= 11 is 5.92. The molecule has 2 N–H and O–H groups in total. The van der Waals surface area contributed by atoms with Gasteiger partial charge in [0.25, 0.3) is 10.0 Å². The van der Waals surface area contributed by atoms with E-state index in [2.05, 4.69) is 19.9 Å². The molecule has 1 aromatic heterocycles. The van der Waals surface area contributed by atoms with Crippen molar-refractivity contribution in [1.29, 1.82) is 0 Å². The second-order valence-electron chi connectivity index (χ2n) is 3.87. The lowest BCUT2D eigenvalue weighted by Crippen LogP contribution is -2.15. The van der Waals surface area contributed by atoms with Gasteiger partial charge in [0, 0.05) is 5.02 Å². The van der Waals surface area contributed by atoms with Crippen LogP contribution in [0.1, 0.15) is 12.5 Å². The van der Waals surface area contributed by atoms with Crippen LogP contribution in [0.25, 0.3) is 0 Å². The predicted octanol–water partition coefficient (Wildman–Crippen LogP) is 1.97. The fourth-order valence-electron chi connectivity index (χ4n) is 1.55. The summed E-state index contributed by atoms with van der Waals surface area (Å²) in [7, 11) is -3.79.